The molecule has 1 aliphatic heterocycles. The Kier molecular flexibility index (Phi) is 5.82. The van der Waals surface area contributed by atoms with Crippen molar-refractivity contribution in [3.8, 4) is 0 Å². The van der Waals surface area contributed by atoms with Crippen LogP contribution in [0.25, 0.3) is 0 Å². The average Bonchev–Trinajstić information content (AvgIpc) is 2.70. The Morgan fingerprint density at radius 2 is 2.11 bits per heavy atom. The Hall–Kier alpha value is -1.07. The summed E-state index contributed by atoms with van der Waals surface area (Å²) in [4.78, 5) is 14.2. The number of amides is 1. The number of hydrogen-bond donors (Lipinski definition) is 1. The van der Waals surface area contributed by atoms with Crippen LogP contribution in [0, 0.1) is 12.8 Å². The van der Waals surface area contributed by atoms with Crippen molar-refractivity contribution in [2.75, 3.05) is 26.7 Å². The molecule has 0 unspecified atom stereocenters. The largest absolute Gasteiger partial charge is 0.337 e. The van der Waals surface area contributed by atoms with E-state index in [-0.39, 0.29) is 18.3 Å². The molecule has 0 aromatic carbocycles. The van der Waals surface area contributed by atoms with Crippen LogP contribution in [0.15, 0.2) is 6.07 Å². The second kappa shape index (κ2) is 6.91. The molecule has 2 rings (SSSR count). The van der Waals surface area contributed by atoms with Crippen LogP contribution in [-0.4, -0.2) is 47.3 Å². The summed E-state index contributed by atoms with van der Waals surface area (Å²) < 4.78 is 1.75. The maximum atomic E-state index is 12.3. The van der Waals surface area contributed by atoms with Gasteiger partial charge in [-0.15, -0.1) is 12.4 Å². The van der Waals surface area contributed by atoms with Gasteiger partial charge in [0.05, 0.1) is 0 Å². The molecule has 0 aliphatic carbocycles. The second-order valence-corrected chi connectivity index (χ2v) is 5.09. The number of piperidine rings is 1. The van der Waals surface area contributed by atoms with Crippen molar-refractivity contribution in [2.45, 2.75) is 19.8 Å². The Labute approximate surface area is 120 Å². The molecule has 5 nitrogen and oxygen atoms in total. The fourth-order valence-corrected chi connectivity index (χ4v) is 2.46. The summed E-state index contributed by atoms with van der Waals surface area (Å²) in [6, 6.07) is 1.86. The molecule has 6 heteroatoms. The molecule has 0 radical (unpaired) electrons. The van der Waals surface area contributed by atoms with Gasteiger partial charge in [0.25, 0.3) is 5.91 Å². The van der Waals surface area contributed by atoms with E-state index in [2.05, 4.69) is 10.4 Å². The molecule has 2 heterocycles. The second-order valence-electron chi connectivity index (χ2n) is 5.09. The highest BCUT2D eigenvalue weighted by atomic mass is 35.5. The zero-order valence-electron chi connectivity index (χ0n) is 11.8. The third-order valence-corrected chi connectivity index (χ3v) is 3.73. The maximum Gasteiger partial charge on any atom is 0.274 e. The highest BCUT2D eigenvalue weighted by Gasteiger charge is 2.24. The predicted octanol–water partition coefficient (Wildman–Crippen LogP) is 1.22. The van der Waals surface area contributed by atoms with Gasteiger partial charge in [0.15, 0.2) is 5.69 Å². The van der Waals surface area contributed by atoms with E-state index >= 15 is 0 Å². The van der Waals surface area contributed by atoms with Crippen molar-refractivity contribution < 1.29 is 4.79 Å². The van der Waals surface area contributed by atoms with Gasteiger partial charge in [-0.25, -0.2) is 0 Å². The molecule has 19 heavy (non-hydrogen) atoms. The molecule has 1 N–H and O–H groups in total. The zero-order chi connectivity index (χ0) is 13.1. The van der Waals surface area contributed by atoms with Gasteiger partial charge in [-0.2, -0.15) is 5.10 Å². The molecule has 0 atom stereocenters. The molecule has 1 aromatic heterocycles. The van der Waals surface area contributed by atoms with E-state index in [9.17, 15) is 4.79 Å². The highest BCUT2D eigenvalue weighted by molar-refractivity contribution is 5.92. The number of halogens is 1. The summed E-state index contributed by atoms with van der Waals surface area (Å²) in [6.45, 7) is 4.70. The van der Waals surface area contributed by atoms with E-state index in [1.54, 1.807) is 4.68 Å². The van der Waals surface area contributed by atoms with E-state index in [0.29, 0.717) is 11.6 Å². The lowest BCUT2D eigenvalue weighted by atomic mass is 9.96. The third kappa shape index (κ3) is 3.70. The quantitative estimate of drug-likeness (QED) is 0.909. The van der Waals surface area contributed by atoms with Crippen LogP contribution in [0.5, 0.6) is 0 Å². The number of hydrogen-bond acceptors (Lipinski definition) is 3. The average molecular weight is 287 g/mol. The summed E-state index contributed by atoms with van der Waals surface area (Å²) in [7, 11) is 3.85. The molecular formula is C13H23ClN4O. The normalized spacial score (nSPS) is 16.3. The Morgan fingerprint density at radius 1 is 1.47 bits per heavy atom. The Balaban J connectivity index is 0.00000180. The molecule has 1 aliphatic rings. The smallest absolute Gasteiger partial charge is 0.274 e. The van der Waals surface area contributed by atoms with Gasteiger partial charge in [0, 0.05) is 25.8 Å². The van der Waals surface area contributed by atoms with Crippen molar-refractivity contribution in [3.63, 3.8) is 0 Å². The van der Waals surface area contributed by atoms with Gasteiger partial charge in [-0.05, 0) is 45.3 Å². The monoisotopic (exact) mass is 286 g/mol. The Bertz CT molecular complexity index is 405. The van der Waals surface area contributed by atoms with Crippen LogP contribution in [0.4, 0.5) is 0 Å². The van der Waals surface area contributed by atoms with Crippen LogP contribution in [-0.2, 0) is 7.05 Å². The van der Waals surface area contributed by atoms with Crippen LogP contribution < -0.4 is 5.32 Å². The molecule has 0 saturated carbocycles. The van der Waals surface area contributed by atoms with E-state index in [0.717, 1.165) is 38.2 Å². The number of rotatable bonds is 3. The number of aryl methyl sites for hydroxylation is 2. The van der Waals surface area contributed by atoms with Crippen molar-refractivity contribution in [2.24, 2.45) is 13.0 Å². The molecule has 1 saturated heterocycles. The summed E-state index contributed by atoms with van der Waals surface area (Å²) >= 11 is 0. The standard InChI is InChI=1S/C13H22N4O.ClH/c1-10-8-12(15-16(10)3)13(18)17-6-4-11(5-7-17)9-14-2;/h8,11,14H,4-7,9H2,1-3H3;1H. The van der Waals surface area contributed by atoms with Crippen molar-refractivity contribution in [1.29, 1.82) is 0 Å². The van der Waals surface area contributed by atoms with Gasteiger partial charge >= 0.3 is 0 Å². The van der Waals surface area contributed by atoms with Crippen LogP contribution in [0.1, 0.15) is 29.0 Å². The van der Waals surface area contributed by atoms with Crippen molar-refractivity contribution in [3.05, 3.63) is 17.5 Å². The first-order valence-corrected chi connectivity index (χ1v) is 6.56. The number of nitrogens with zero attached hydrogens (tertiary/aromatic N) is 3. The lowest BCUT2D eigenvalue weighted by Gasteiger charge is -2.31. The van der Waals surface area contributed by atoms with E-state index < -0.39 is 0 Å². The number of nitrogens with one attached hydrogen (secondary N) is 1. The topological polar surface area (TPSA) is 50.2 Å². The molecular weight excluding hydrogens is 264 g/mol. The zero-order valence-corrected chi connectivity index (χ0v) is 12.7. The molecule has 108 valence electrons. The van der Waals surface area contributed by atoms with Gasteiger partial charge in [-0.1, -0.05) is 0 Å². The summed E-state index contributed by atoms with van der Waals surface area (Å²) in [6.07, 6.45) is 2.16. The minimum absolute atomic E-state index is 0. The first-order valence-electron chi connectivity index (χ1n) is 6.56. The fourth-order valence-electron chi connectivity index (χ4n) is 2.46. The lowest BCUT2D eigenvalue weighted by Crippen LogP contribution is -2.40. The fraction of sp³-hybridized carbons (Fsp3) is 0.692. The van der Waals surface area contributed by atoms with Gasteiger partial charge < -0.3 is 10.2 Å². The summed E-state index contributed by atoms with van der Waals surface area (Å²) in [5.41, 5.74) is 1.59. The van der Waals surface area contributed by atoms with Gasteiger partial charge in [0.1, 0.15) is 0 Å². The number of aromatic nitrogens is 2. The number of likely N-dealkylation sites (tertiary alicyclic amines) is 1. The Morgan fingerprint density at radius 3 is 2.58 bits per heavy atom. The molecule has 0 bridgehead atoms. The first-order chi connectivity index (χ1) is 8.61. The van der Waals surface area contributed by atoms with Crippen LogP contribution in [0.2, 0.25) is 0 Å². The van der Waals surface area contributed by atoms with Crippen LogP contribution in [0.3, 0.4) is 0 Å². The van der Waals surface area contributed by atoms with Gasteiger partial charge in [-0.3, -0.25) is 9.48 Å². The molecule has 0 spiro atoms. The predicted molar refractivity (Wildman–Crippen MR) is 77.7 cm³/mol. The SMILES string of the molecule is CNCC1CCN(C(=O)c2cc(C)n(C)n2)CC1.Cl. The first kappa shape index (κ1) is 16.0. The lowest BCUT2D eigenvalue weighted by molar-refractivity contribution is 0.0684. The molecule has 1 fully saturated rings. The van der Waals surface area contributed by atoms with E-state index in [1.807, 2.05) is 32.0 Å². The highest BCUT2D eigenvalue weighted by Crippen LogP contribution is 2.18. The van der Waals surface area contributed by atoms with E-state index in [1.165, 1.54) is 0 Å². The van der Waals surface area contributed by atoms with Gasteiger partial charge in [0.2, 0.25) is 0 Å². The minimum atomic E-state index is 0. The summed E-state index contributed by atoms with van der Waals surface area (Å²) in [5, 5.41) is 7.46. The van der Waals surface area contributed by atoms with E-state index in [4.69, 9.17) is 0 Å². The maximum absolute atomic E-state index is 12.3. The van der Waals surface area contributed by atoms with Crippen molar-refractivity contribution >= 4 is 18.3 Å². The minimum Gasteiger partial charge on any atom is -0.337 e. The van der Waals surface area contributed by atoms with Crippen molar-refractivity contribution in [1.82, 2.24) is 20.0 Å². The molecule has 1 amide bonds. The summed E-state index contributed by atoms with van der Waals surface area (Å²) in [5.74, 6) is 0.770. The number of carbonyl (C=O) groups excluding carboxylic acids is 1. The van der Waals surface area contributed by atoms with Crippen LogP contribution >= 0.6 is 12.4 Å². The molecule has 1 aromatic rings. The number of carbonyl (C=O) groups is 1. The third-order valence-electron chi connectivity index (χ3n) is 3.73.